The Labute approximate surface area is 90.8 Å². The number of hydrogen-bond donors (Lipinski definition) is 2. The van der Waals surface area contributed by atoms with Crippen LogP contribution in [0.1, 0.15) is 11.8 Å². The Bertz CT molecular complexity index is 540. The Hall–Kier alpha value is -1.66. The first kappa shape index (κ1) is 10.8. The number of H-pyrrole nitrogens is 1. The summed E-state index contributed by atoms with van der Waals surface area (Å²) in [5.74, 6) is 0. The maximum absolute atomic E-state index is 11.5. The summed E-state index contributed by atoms with van der Waals surface area (Å²) >= 11 is 0. The highest BCUT2D eigenvalue weighted by molar-refractivity contribution is 5.11. The maximum Gasteiger partial charge on any atom is 0.330 e. The summed E-state index contributed by atoms with van der Waals surface area (Å²) in [6.07, 6.45) is 2.56. The van der Waals surface area contributed by atoms with E-state index in [4.69, 9.17) is 9.84 Å². The summed E-state index contributed by atoms with van der Waals surface area (Å²) in [6, 6.07) is 0. The zero-order valence-electron chi connectivity index (χ0n) is 8.77. The summed E-state index contributed by atoms with van der Waals surface area (Å²) < 4.78 is 6.60. The van der Waals surface area contributed by atoms with Crippen molar-refractivity contribution in [1.29, 1.82) is 0 Å². The van der Waals surface area contributed by atoms with Gasteiger partial charge in [0.15, 0.2) is 6.23 Å². The molecule has 6 nitrogen and oxygen atoms in total. The Morgan fingerprint density at radius 2 is 2.38 bits per heavy atom. The summed E-state index contributed by atoms with van der Waals surface area (Å²) in [5, 5.41) is 8.91. The number of rotatable bonds is 2. The Balaban J connectivity index is 2.43. The molecular weight excluding hydrogens is 212 g/mol. The van der Waals surface area contributed by atoms with E-state index in [9.17, 15) is 9.59 Å². The molecule has 2 heterocycles. The lowest BCUT2D eigenvalue weighted by atomic mass is 10.3. The van der Waals surface area contributed by atoms with Crippen molar-refractivity contribution >= 4 is 0 Å². The molecule has 1 atom stereocenters. The van der Waals surface area contributed by atoms with E-state index in [1.165, 1.54) is 10.8 Å². The van der Waals surface area contributed by atoms with Gasteiger partial charge >= 0.3 is 5.69 Å². The largest absolute Gasteiger partial charge is 0.392 e. The van der Waals surface area contributed by atoms with Crippen LogP contribution in [-0.4, -0.2) is 27.9 Å². The van der Waals surface area contributed by atoms with Crippen molar-refractivity contribution in [3.05, 3.63) is 44.2 Å². The van der Waals surface area contributed by atoms with Gasteiger partial charge in [0.05, 0.1) is 13.2 Å². The molecule has 2 rings (SSSR count). The molecule has 1 aromatic rings. The van der Waals surface area contributed by atoms with Gasteiger partial charge in [0.2, 0.25) is 0 Å². The van der Waals surface area contributed by atoms with E-state index in [-0.39, 0.29) is 6.61 Å². The fourth-order valence-corrected chi connectivity index (χ4v) is 1.52. The van der Waals surface area contributed by atoms with Crippen molar-refractivity contribution in [3.8, 4) is 0 Å². The molecule has 0 radical (unpaired) electrons. The van der Waals surface area contributed by atoms with Crippen LogP contribution in [0.15, 0.2) is 27.4 Å². The van der Waals surface area contributed by atoms with Crippen molar-refractivity contribution in [2.45, 2.75) is 13.2 Å². The quantitative estimate of drug-likeness (QED) is 0.650. The van der Waals surface area contributed by atoms with Gasteiger partial charge in [-0.05, 0) is 18.6 Å². The van der Waals surface area contributed by atoms with Crippen LogP contribution in [0.4, 0.5) is 0 Å². The third-order valence-electron chi connectivity index (χ3n) is 2.44. The molecule has 0 amide bonds. The lowest BCUT2D eigenvalue weighted by molar-refractivity contribution is 0.0679. The average Bonchev–Trinajstić information content (AvgIpc) is 2.71. The van der Waals surface area contributed by atoms with E-state index in [0.29, 0.717) is 12.2 Å². The molecular formula is C10H12N2O4. The lowest BCUT2D eigenvalue weighted by Gasteiger charge is -2.11. The van der Waals surface area contributed by atoms with Gasteiger partial charge in [-0.25, -0.2) is 4.79 Å². The second kappa shape index (κ2) is 4.07. The smallest absolute Gasteiger partial charge is 0.330 e. The van der Waals surface area contributed by atoms with Crippen molar-refractivity contribution in [1.82, 2.24) is 9.55 Å². The molecule has 86 valence electrons. The SMILES string of the molecule is Cc1cn([C@@H]2C=C(CO)CO2)c(=O)[nH]c1=O. The molecule has 0 spiro atoms. The third-order valence-corrected chi connectivity index (χ3v) is 2.44. The normalized spacial score (nSPS) is 19.9. The predicted molar refractivity (Wildman–Crippen MR) is 56.2 cm³/mol. The molecule has 0 saturated heterocycles. The van der Waals surface area contributed by atoms with E-state index >= 15 is 0 Å². The summed E-state index contributed by atoms with van der Waals surface area (Å²) in [7, 11) is 0. The van der Waals surface area contributed by atoms with Crippen LogP contribution in [0.5, 0.6) is 0 Å². The average molecular weight is 224 g/mol. The second-order valence-electron chi connectivity index (χ2n) is 3.66. The van der Waals surface area contributed by atoms with Gasteiger partial charge in [-0.3, -0.25) is 14.3 Å². The van der Waals surface area contributed by atoms with Crippen LogP contribution in [0.3, 0.4) is 0 Å². The molecule has 0 bridgehead atoms. The number of aryl methyl sites for hydroxylation is 1. The van der Waals surface area contributed by atoms with Gasteiger partial charge in [-0.15, -0.1) is 0 Å². The highest BCUT2D eigenvalue weighted by atomic mass is 16.5. The van der Waals surface area contributed by atoms with Gasteiger partial charge in [0.1, 0.15) is 0 Å². The van der Waals surface area contributed by atoms with Gasteiger partial charge < -0.3 is 9.84 Å². The number of aliphatic hydroxyl groups is 1. The van der Waals surface area contributed by atoms with Crippen molar-refractivity contribution in [2.24, 2.45) is 0 Å². The van der Waals surface area contributed by atoms with Crippen LogP contribution in [0, 0.1) is 6.92 Å². The zero-order chi connectivity index (χ0) is 11.7. The molecule has 16 heavy (non-hydrogen) atoms. The number of aromatic nitrogens is 2. The molecule has 0 unspecified atom stereocenters. The fourth-order valence-electron chi connectivity index (χ4n) is 1.52. The molecule has 0 aromatic carbocycles. The van der Waals surface area contributed by atoms with Gasteiger partial charge in [0, 0.05) is 11.8 Å². The van der Waals surface area contributed by atoms with Crippen LogP contribution in [0.25, 0.3) is 0 Å². The second-order valence-corrected chi connectivity index (χ2v) is 3.66. The molecule has 0 saturated carbocycles. The first-order chi connectivity index (χ1) is 7.61. The number of aromatic amines is 1. The molecule has 0 fully saturated rings. The Morgan fingerprint density at radius 3 is 3.00 bits per heavy atom. The number of hydrogen-bond acceptors (Lipinski definition) is 4. The number of nitrogens with one attached hydrogen (secondary N) is 1. The standard InChI is InChI=1S/C10H12N2O4/c1-6-3-12(10(15)11-9(6)14)8-2-7(4-13)5-16-8/h2-3,8,13H,4-5H2,1H3,(H,11,14,15)/t8-/m0/s1. The third kappa shape index (κ3) is 1.84. The first-order valence-electron chi connectivity index (χ1n) is 4.86. The van der Waals surface area contributed by atoms with E-state index in [0.717, 1.165) is 5.57 Å². The minimum atomic E-state index is -0.551. The van der Waals surface area contributed by atoms with Crippen molar-refractivity contribution < 1.29 is 9.84 Å². The number of aliphatic hydroxyl groups excluding tert-OH is 1. The van der Waals surface area contributed by atoms with Crippen LogP contribution >= 0.6 is 0 Å². The topological polar surface area (TPSA) is 84.3 Å². The minimum Gasteiger partial charge on any atom is -0.392 e. The van der Waals surface area contributed by atoms with Crippen LogP contribution in [0.2, 0.25) is 0 Å². The van der Waals surface area contributed by atoms with Crippen molar-refractivity contribution in [3.63, 3.8) is 0 Å². The van der Waals surface area contributed by atoms with E-state index in [2.05, 4.69) is 4.98 Å². The molecule has 1 aliphatic rings. The first-order valence-corrected chi connectivity index (χ1v) is 4.86. The Kier molecular flexibility index (Phi) is 2.76. The number of ether oxygens (including phenoxy) is 1. The van der Waals surface area contributed by atoms with Crippen LogP contribution in [-0.2, 0) is 4.74 Å². The number of nitrogens with zero attached hydrogens (tertiary/aromatic N) is 1. The van der Waals surface area contributed by atoms with E-state index < -0.39 is 17.5 Å². The molecule has 0 aliphatic carbocycles. The summed E-state index contributed by atoms with van der Waals surface area (Å²) in [5.41, 5.74) is 0.247. The highest BCUT2D eigenvalue weighted by Gasteiger charge is 2.18. The minimum absolute atomic E-state index is 0.0897. The van der Waals surface area contributed by atoms with Crippen LogP contribution < -0.4 is 11.2 Å². The highest BCUT2D eigenvalue weighted by Crippen LogP contribution is 2.18. The van der Waals surface area contributed by atoms with E-state index in [1.807, 2.05) is 0 Å². The van der Waals surface area contributed by atoms with Gasteiger partial charge in [-0.1, -0.05) is 0 Å². The molecule has 2 N–H and O–H groups in total. The van der Waals surface area contributed by atoms with Crippen molar-refractivity contribution in [2.75, 3.05) is 13.2 Å². The monoisotopic (exact) mass is 224 g/mol. The van der Waals surface area contributed by atoms with Gasteiger partial charge in [0.25, 0.3) is 5.56 Å². The predicted octanol–water partition coefficient (Wildman–Crippen LogP) is -0.707. The fraction of sp³-hybridized carbons (Fsp3) is 0.400. The summed E-state index contributed by atoms with van der Waals surface area (Å²) in [6.45, 7) is 1.82. The lowest BCUT2D eigenvalue weighted by Crippen LogP contribution is -2.32. The summed E-state index contributed by atoms with van der Waals surface area (Å²) in [4.78, 5) is 24.9. The Morgan fingerprint density at radius 1 is 1.62 bits per heavy atom. The maximum atomic E-state index is 11.5. The molecule has 6 heteroatoms. The van der Waals surface area contributed by atoms with E-state index in [1.54, 1.807) is 13.0 Å². The molecule has 1 aromatic heterocycles. The zero-order valence-corrected chi connectivity index (χ0v) is 8.77. The van der Waals surface area contributed by atoms with Gasteiger partial charge in [-0.2, -0.15) is 0 Å². The molecule has 1 aliphatic heterocycles.